The average molecular weight is 359 g/mol. The summed E-state index contributed by atoms with van der Waals surface area (Å²) >= 11 is 0. The molecule has 1 aliphatic rings. The maximum atomic E-state index is 13.0. The summed E-state index contributed by atoms with van der Waals surface area (Å²) in [6.07, 6.45) is 0. The molecule has 0 fully saturated rings. The summed E-state index contributed by atoms with van der Waals surface area (Å²) in [7, 11) is 0. The molecule has 4 rings (SSSR count). The molecule has 1 aliphatic heterocycles. The molecule has 4 nitrogen and oxygen atoms in total. The molecule has 1 unspecified atom stereocenters. The molecule has 4 heteroatoms. The molecule has 3 aromatic rings. The largest absolute Gasteiger partial charge is 0.486 e. The van der Waals surface area contributed by atoms with Crippen molar-refractivity contribution >= 4 is 5.91 Å². The van der Waals surface area contributed by atoms with Crippen molar-refractivity contribution in [1.29, 1.82) is 0 Å². The second-order valence-electron chi connectivity index (χ2n) is 6.59. The Labute approximate surface area is 158 Å². The lowest BCUT2D eigenvalue weighted by atomic mass is 9.97. The molecule has 1 heterocycles. The van der Waals surface area contributed by atoms with Crippen LogP contribution in [-0.2, 0) is 0 Å². The highest BCUT2D eigenvalue weighted by Gasteiger charge is 2.20. The standard InChI is InChI=1S/C23H21NO3/c1-16-6-5-9-18(14-16)22(17-7-3-2-4-8-17)24-23(25)19-10-11-20-21(15-19)27-13-12-26-20/h2-11,14-15,22H,12-13H2,1H3,(H,24,25). The molecule has 0 saturated heterocycles. The molecule has 136 valence electrons. The molecular formula is C23H21NO3. The van der Waals surface area contributed by atoms with Crippen LogP contribution in [0.15, 0.2) is 72.8 Å². The van der Waals surface area contributed by atoms with E-state index in [1.165, 1.54) is 0 Å². The van der Waals surface area contributed by atoms with E-state index in [2.05, 4.69) is 11.4 Å². The Morgan fingerprint density at radius 2 is 1.59 bits per heavy atom. The third-order valence-corrected chi connectivity index (χ3v) is 4.59. The first kappa shape index (κ1) is 17.2. The minimum absolute atomic E-state index is 0.151. The van der Waals surface area contributed by atoms with Crippen molar-refractivity contribution in [2.24, 2.45) is 0 Å². The fourth-order valence-corrected chi connectivity index (χ4v) is 3.25. The zero-order valence-corrected chi connectivity index (χ0v) is 15.1. The van der Waals surface area contributed by atoms with Crippen molar-refractivity contribution in [3.63, 3.8) is 0 Å². The Bertz CT molecular complexity index is 953. The zero-order chi connectivity index (χ0) is 18.6. The monoisotopic (exact) mass is 359 g/mol. The molecule has 1 N–H and O–H groups in total. The molecule has 0 bridgehead atoms. The van der Waals surface area contributed by atoms with Gasteiger partial charge in [0.2, 0.25) is 0 Å². The van der Waals surface area contributed by atoms with Crippen molar-refractivity contribution in [2.45, 2.75) is 13.0 Å². The summed E-state index contributed by atoms with van der Waals surface area (Å²) in [4.78, 5) is 13.0. The Kier molecular flexibility index (Phi) is 4.79. The van der Waals surface area contributed by atoms with Gasteiger partial charge < -0.3 is 14.8 Å². The van der Waals surface area contributed by atoms with Crippen LogP contribution in [0.5, 0.6) is 11.5 Å². The molecule has 1 atom stereocenters. The Balaban J connectivity index is 1.64. The van der Waals surface area contributed by atoms with Crippen LogP contribution in [-0.4, -0.2) is 19.1 Å². The summed E-state index contributed by atoms with van der Waals surface area (Å²) in [6, 6.07) is 23.2. The number of aryl methyl sites for hydroxylation is 1. The van der Waals surface area contributed by atoms with E-state index in [4.69, 9.17) is 9.47 Å². The molecule has 3 aromatic carbocycles. The van der Waals surface area contributed by atoms with Crippen LogP contribution in [0.4, 0.5) is 0 Å². The van der Waals surface area contributed by atoms with Crippen molar-refractivity contribution in [3.8, 4) is 11.5 Å². The maximum absolute atomic E-state index is 13.0. The van der Waals surface area contributed by atoms with Crippen molar-refractivity contribution < 1.29 is 14.3 Å². The van der Waals surface area contributed by atoms with Gasteiger partial charge in [0.15, 0.2) is 11.5 Å². The molecule has 0 radical (unpaired) electrons. The Morgan fingerprint density at radius 1 is 0.852 bits per heavy atom. The normalized spacial score (nSPS) is 13.7. The lowest BCUT2D eigenvalue weighted by Crippen LogP contribution is -2.29. The highest BCUT2D eigenvalue weighted by molar-refractivity contribution is 5.95. The maximum Gasteiger partial charge on any atom is 0.252 e. The van der Waals surface area contributed by atoms with Crippen LogP contribution < -0.4 is 14.8 Å². The van der Waals surface area contributed by atoms with E-state index in [0.29, 0.717) is 30.3 Å². The molecular weight excluding hydrogens is 338 g/mol. The number of benzene rings is 3. The summed E-state index contributed by atoms with van der Waals surface area (Å²) in [5.74, 6) is 1.14. The van der Waals surface area contributed by atoms with Gasteiger partial charge >= 0.3 is 0 Å². The average Bonchev–Trinajstić information content (AvgIpc) is 2.72. The number of ether oxygens (including phenoxy) is 2. The molecule has 0 aromatic heterocycles. The molecule has 0 saturated carbocycles. The van der Waals surface area contributed by atoms with Crippen molar-refractivity contribution in [3.05, 3.63) is 95.1 Å². The van der Waals surface area contributed by atoms with Crippen LogP contribution in [0.3, 0.4) is 0 Å². The Hall–Kier alpha value is -3.27. The van der Waals surface area contributed by atoms with Gasteiger partial charge in [0.25, 0.3) is 5.91 Å². The van der Waals surface area contributed by atoms with E-state index in [1.54, 1.807) is 18.2 Å². The number of carbonyl (C=O) groups is 1. The molecule has 0 spiro atoms. The minimum Gasteiger partial charge on any atom is -0.486 e. The summed E-state index contributed by atoms with van der Waals surface area (Å²) in [5, 5.41) is 3.16. The van der Waals surface area contributed by atoms with E-state index in [0.717, 1.165) is 16.7 Å². The van der Waals surface area contributed by atoms with Gasteiger partial charge in [-0.25, -0.2) is 0 Å². The predicted molar refractivity (Wildman–Crippen MR) is 104 cm³/mol. The fourth-order valence-electron chi connectivity index (χ4n) is 3.25. The number of rotatable bonds is 4. The van der Waals surface area contributed by atoms with E-state index >= 15 is 0 Å². The SMILES string of the molecule is Cc1cccc(C(NC(=O)c2ccc3c(c2)OCCO3)c2ccccc2)c1. The van der Waals surface area contributed by atoms with Crippen molar-refractivity contribution in [1.82, 2.24) is 5.32 Å². The summed E-state index contributed by atoms with van der Waals surface area (Å²) < 4.78 is 11.1. The Morgan fingerprint density at radius 3 is 2.37 bits per heavy atom. The topological polar surface area (TPSA) is 47.6 Å². The predicted octanol–water partition coefficient (Wildman–Crippen LogP) is 4.29. The quantitative estimate of drug-likeness (QED) is 0.756. The molecule has 1 amide bonds. The first-order chi connectivity index (χ1) is 13.2. The van der Waals surface area contributed by atoms with Gasteiger partial charge in [-0.15, -0.1) is 0 Å². The van der Waals surface area contributed by atoms with Gasteiger partial charge in [-0.2, -0.15) is 0 Å². The van der Waals surface area contributed by atoms with Gasteiger partial charge in [-0.1, -0.05) is 60.2 Å². The number of hydrogen-bond acceptors (Lipinski definition) is 3. The van der Waals surface area contributed by atoms with Crippen LogP contribution >= 0.6 is 0 Å². The van der Waals surface area contributed by atoms with Gasteiger partial charge in [0, 0.05) is 5.56 Å². The number of fused-ring (bicyclic) bond motifs is 1. The molecule has 27 heavy (non-hydrogen) atoms. The van der Waals surface area contributed by atoms with Crippen LogP contribution in [0.2, 0.25) is 0 Å². The summed E-state index contributed by atoms with van der Waals surface area (Å²) in [5.41, 5.74) is 3.79. The lowest BCUT2D eigenvalue weighted by molar-refractivity contribution is 0.0941. The van der Waals surface area contributed by atoms with Crippen LogP contribution in [0, 0.1) is 6.92 Å². The second kappa shape index (κ2) is 7.54. The number of hydrogen-bond donors (Lipinski definition) is 1. The van der Waals surface area contributed by atoms with Gasteiger partial charge in [-0.3, -0.25) is 4.79 Å². The zero-order valence-electron chi connectivity index (χ0n) is 15.1. The smallest absolute Gasteiger partial charge is 0.252 e. The lowest BCUT2D eigenvalue weighted by Gasteiger charge is -2.22. The van der Waals surface area contributed by atoms with Crippen LogP contribution in [0.1, 0.15) is 33.1 Å². The second-order valence-corrected chi connectivity index (χ2v) is 6.59. The van der Waals surface area contributed by atoms with Crippen LogP contribution in [0.25, 0.3) is 0 Å². The highest BCUT2D eigenvalue weighted by atomic mass is 16.6. The number of amides is 1. The molecule has 0 aliphatic carbocycles. The van der Waals surface area contributed by atoms with Gasteiger partial charge in [0.1, 0.15) is 13.2 Å². The van der Waals surface area contributed by atoms with E-state index in [1.807, 2.05) is 55.5 Å². The highest BCUT2D eigenvalue weighted by Crippen LogP contribution is 2.31. The van der Waals surface area contributed by atoms with Gasteiger partial charge in [-0.05, 0) is 36.2 Å². The third kappa shape index (κ3) is 3.80. The first-order valence-corrected chi connectivity index (χ1v) is 9.03. The number of carbonyl (C=O) groups excluding carboxylic acids is 1. The van der Waals surface area contributed by atoms with Crippen molar-refractivity contribution in [2.75, 3.05) is 13.2 Å². The van der Waals surface area contributed by atoms with E-state index < -0.39 is 0 Å². The summed E-state index contributed by atoms with van der Waals surface area (Å²) in [6.45, 7) is 3.07. The third-order valence-electron chi connectivity index (χ3n) is 4.59. The van der Waals surface area contributed by atoms with Gasteiger partial charge in [0.05, 0.1) is 6.04 Å². The number of nitrogens with one attached hydrogen (secondary N) is 1. The minimum atomic E-state index is -0.230. The first-order valence-electron chi connectivity index (χ1n) is 9.03. The fraction of sp³-hybridized carbons (Fsp3) is 0.174. The van der Waals surface area contributed by atoms with E-state index in [9.17, 15) is 4.79 Å². The van der Waals surface area contributed by atoms with E-state index in [-0.39, 0.29) is 11.9 Å².